The summed E-state index contributed by atoms with van der Waals surface area (Å²) in [5, 5.41) is 6.44. The minimum atomic E-state index is -0.891. The molecule has 4 aromatic carbocycles. The lowest BCUT2D eigenvalue weighted by Crippen LogP contribution is -2.50. The standard InChI is InChI=1S/C26H29ClN4O7.C24H33N3O8.C21H29N3O6.C3H5BrO2/c1-36-21-13-22(31(14-21)26(35)28-18-5-3-17(27)4-6-18)25(34)30(15-24(33)37-2)20-9-7-19(8-10-20)29-11-12-38-16-23(29)32;1-24(2,3)35-23(31)27-13-18(32-4)12-19(27)22(30)26(14-21(29)33-5)17-8-6-16(7-9-17)25-10-11-34-15-20(25)28;1-21(2,3)30-20(27)24-12-16(28-4)11-17(24)19(26)22-14-5-7-15(8-6-14)23-9-10-29-13-18(23)25;1-6-3(5)2-4/h3-10,21-22H,11-16H2,1-2H3,(H,28,35);6-9,18-19H,10-15H2,1-5H3;5-8,16-17H,9-13H2,1-4H3,(H,22,26);2H2,1H3/t21-,22-;18-,19-;16-,17-;/m111./s1. The molecular weight excluding hydrogens is 1510 g/mol. The molecule has 6 aliphatic rings. The Kier molecular flexibility index (Phi) is 32.4. The molecule has 0 aromatic heterocycles. The zero-order valence-corrected chi connectivity index (χ0v) is 65.5. The number of amides is 10. The molecule has 0 radical (unpaired) electrons. The van der Waals surface area contributed by atoms with Crippen molar-refractivity contribution in [3.8, 4) is 0 Å². The smallest absolute Gasteiger partial charge is 0.411 e. The van der Waals surface area contributed by atoms with E-state index in [9.17, 15) is 57.5 Å². The number of nitrogens with one attached hydrogen (secondary N) is 2. The van der Waals surface area contributed by atoms with Crippen molar-refractivity contribution in [3.05, 3.63) is 102 Å². The highest BCUT2D eigenvalue weighted by atomic mass is 79.9. The Balaban J connectivity index is 0.000000220. The van der Waals surface area contributed by atoms with Gasteiger partial charge < -0.3 is 82.3 Å². The maximum atomic E-state index is 13.9. The number of esters is 3. The van der Waals surface area contributed by atoms with Crippen LogP contribution in [0.3, 0.4) is 0 Å². The van der Waals surface area contributed by atoms with Crippen LogP contribution in [0.5, 0.6) is 0 Å². The van der Waals surface area contributed by atoms with Gasteiger partial charge in [0.05, 0.1) is 72.6 Å². The van der Waals surface area contributed by atoms with Gasteiger partial charge in [-0.2, -0.15) is 0 Å². The summed E-state index contributed by atoms with van der Waals surface area (Å²) >= 11 is 8.83. The number of carbonyl (C=O) groups is 12. The second-order valence-corrected chi connectivity index (χ2v) is 28.3. The van der Waals surface area contributed by atoms with Crippen LogP contribution >= 0.6 is 27.5 Å². The van der Waals surface area contributed by atoms with E-state index in [2.05, 4.69) is 31.3 Å². The van der Waals surface area contributed by atoms with Gasteiger partial charge in [0.1, 0.15) is 67.6 Å². The molecule has 0 aliphatic carbocycles. The zero-order chi connectivity index (χ0) is 79.9. The molecule has 6 aliphatic heterocycles. The minimum Gasteiger partial charge on any atom is -0.468 e. The summed E-state index contributed by atoms with van der Waals surface area (Å²) in [5.41, 5.74) is 2.60. The molecule has 594 valence electrons. The molecule has 6 fully saturated rings. The fourth-order valence-corrected chi connectivity index (χ4v) is 12.3. The number of alkyl halides is 1. The zero-order valence-electron chi connectivity index (χ0n) is 63.2. The topological polar surface area (TPSA) is 356 Å². The highest BCUT2D eigenvalue weighted by molar-refractivity contribution is 9.09. The number of morpholine rings is 3. The first kappa shape index (κ1) is 86.7. The van der Waals surface area contributed by atoms with Gasteiger partial charge in [-0.15, -0.1) is 0 Å². The van der Waals surface area contributed by atoms with Crippen molar-refractivity contribution < 1.29 is 110 Å². The average Bonchev–Trinajstić information content (AvgIpc) is 1.76. The molecule has 4 aromatic rings. The Hall–Kier alpha value is -9.55. The Morgan fingerprint density at radius 3 is 1.14 bits per heavy atom. The molecule has 6 atom stereocenters. The minimum absolute atomic E-state index is 0.00493. The van der Waals surface area contributed by atoms with E-state index >= 15 is 0 Å². The number of nitrogens with zero attached hydrogens (tertiary/aromatic N) is 8. The normalized spacial score (nSPS) is 19.9. The molecule has 6 saturated heterocycles. The van der Waals surface area contributed by atoms with Gasteiger partial charge in [-0.05, 0) is 139 Å². The fraction of sp³-hybridized carbons (Fsp3) is 0.514. The van der Waals surface area contributed by atoms with E-state index in [0.717, 1.165) is 5.69 Å². The van der Waals surface area contributed by atoms with Crippen molar-refractivity contribution in [2.24, 2.45) is 0 Å². The van der Waals surface area contributed by atoms with Crippen molar-refractivity contribution in [1.29, 1.82) is 0 Å². The number of rotatable bonds is 18. The third-order valence-corrected chi connectivity index (χ3v) is 18.2. The Labute approximate surface area is 645 Å². The second kappa shape index (κ2) is 40.8. The van der Waals surface area contributed by atoms with E-state index in [4.69, 9.17) is 59.0 Å². The maximum Gasteiger partial charge on any atom is 0.411 e. The third-order valence-electron chi connectivity index (χ3n) is 17.5. The van der Waals surface area contributed by atoms with E-state index in [1.165, 1.54) is 60.0 Å². The molecular formula is C74H96BrClN10O23. The van der Waals surface area contributed by atoms with Gasteiger partial charge in [-0.3, -0.25) is 62.8 Å². The predicted octanol–water partition coefficient (Wildman–Crippen LogP) is 6.68. The highest BCUT2D eigenvalue weighted by Gasteiger charge is 2.46. The molecule has 2 N–H and O–H groups in total. The monoisotopic (exact) mass is 1610 g/mol. The summed E-state index contributed by atoms with van der Waals surface area (Å²) in [5.74, 6) is -3.12. The van der Waals surface area contributed by atoms with Crippen LogP contribution in [0.15, 0.2) is 97.1 Å². The maximum absolute atomic E-state index is 13.9. The van der Waals surface area contributed by atoms with Gasteiger partial charge in [0.15, 0.2) is 0 Å². The van der Waals surface area contributed by atoms with Gasteiger partial charge in [-0.1, -0.05) is 27.5 Å². The lowest BCUT2D eigenvalue weighted by atomic mass is 10.1. The number of hydrogen-bond donors (Lipinski definition) is 2. The molecule has 35 heteroatoms. The highest BCUT2D eigenvalue weighted by Crippen LogP contribution is 2.32. The molecule has 10 rings (SSSR count). The summed E-state index contributed by atoms with van der Waals surface area (Å²) in [6, 6.07) is 24.1. The fourth-order valence-electron chi connectivity index (χ4n) is 12.0. The number of halogens is 2. The van der Waals surface area contributed by atoms with Crippen LogP contribution < -0.4 is 35.1 Å². The largest absolute Gasteiger partial charge is 0.468 e. The number of ether oxygens (including phenoxy) is 11. The molecule has 33 nitrogen and oxygen atoms in total. The van der Waals surface area contributed by atoms with Crippen molar-refractivity contribution in [1.82, 2.24) is 14.7 Å². The van der Waals surface area contributed by atoms with Crippen LogP contribution in [-0.2, 0) is 95.3 Å². The van der Waals surface area contributed by atoms with Gasteiger partial charge in [0, 0.05) is 112 Å². The first-order valence-electron chi connectivity index (χ1n) is 34.9. The number of hydrogen-bond acceptors (Lipinski definition) is 23. The van der Waals surface area contributed by atoms with Crippen molar-refractivity contribution >= 4 is 139 Å². The summed E-state index contributed by atoms with van der Waals surface area (Å²) in [6.07, 6.45) is -1.22. The molecule has 0 saturated carbocycles. The lowest BCUT2D eigenvalue weighted by Gasteiger charge is -2.31. The molecule has 109 heavy (non-hydrogen) atoms. The lowest BCUT2D eigenvalue weighted by molar-refractivity contribution is -0.140. The Morgan fingerprint density at radius 1 is 0.468 bits per heavy atom. The summed E-state index contributed by atoms with van der Waals surface area (Å²) in [4.78, 5) is 161. The van der Waals surface area contributed by atoms with Crippen LogP contribution in [0.4, 0.5) is 54.2 Å². The van der Waals surface area contributed by atoms with E-state index in [0.29, 0.717) is 91.6 Å². The average molecular weight is 1610 g/mol. The quantitative estimate of drug-likeness (QED) is 0.0596. The molecule has 6 heterocycles. The van der Waals surface area contributed by atoms with Crippen molar-refractivity contribution in [2.75, 3.05) is 175 Å². The van der Waals surface area contributed by atoms with Gasteiger partial charge >= 0.3 is 36.1 Å². The molecule has 0 unspecified atom stereocenters. The van der Waals surface area contributed by atoms with Crippen LogP contribution in [0.25, 0.3) is 0 Å². The summed E-state index contributed by atoms with van der Waals surface area (Å²) in [7, 11) is 8.42. The number of likely N-dealkylation sites (tertiary alicyclic amines) is 3. The van der Waals surface area contributed by atoms with Crippen LogP contribution in [0.2, 0.25) is 5.02 Å². The van der Waals surface area contributed by atoms with E-state index in [1.807, 2.05) is 0 Å². The van der Waals surface area contributed by atoms with E-state index < -0.39 is 71.3 Å². The van der Waals surface area contributed by atoms with Crippen LogP contribution in [0, 0.1) is 0 Å². The number of benzene rings is 4. The first-order chi connectivity index (χ1) is 51.8. The van der Waals surface area contributed by atoms with Crippen molar-refractivity contribution in [3.63, 3.8) is 0 Å². The van der Waals surface area contributed by atoms with E-state index in [-0.39, 0.29) is 112 Å². The van der Waals surface area contributed by atoms with Crippen LogP contribution in [0.1, 0.15) is 60.8 Å². The molecule has 0 spiro atoms. The Bertz CT molecular complexity index is 3800. The number of carbonyl (C=O) groups excluding carboxylic acids is 12. The molecule has 0 bridgehead atoms. The predicted molar refractivity (Wildman–Crippen MR) is 403 cm³/mol. The second-order valence-electron chi connectivity index (χ2n) is 27.3. The number of anilines is 7. The van der Waals surface area contributed by atoms with Gasteiger partial charge in [0.2, 0.25) is 5.91 Å². The summed E-state index contributed by atoms with van der Waals surface area (Å²) in [6.45, 7) is 13.3. The van der Waals surface area contributed by atoms with Gasteiger partial charge in [0.25, 0.3) is 29.5 Å². The van der Waals surface area contributed by atoms with E-state index in [1.54, 1.807) is 160 Å². The van der Waals surface area contributed by atoms with Crippen LogP contribution in [-0.4, -0.2) is 274 Å². The van der Waals surface area contributed by atoms with Gasteiger partial charge in [-0.25, -0.2) is 14.4 Å². The summed E-state index contributed by atoms with van der Waals surface area (Å²) < 4.78 is 56.5. The number of methoxy groups -OCH3 is 6. The molecule has 10 amide bonds. The first-order valence-corrected chi connectivity index (χ1v) is 36.4. The Morgan fingerprint density at radius 2 is 0.798 bits per heavy atom. The number of urea groups is 1. The van der Waals surface area contributed by atoms with Crippen molar-refractivity contribution in [2.45, 2.75) is 108 Å². The third kappa shape index (κ3) is 25.0. The SMILES string of the molecule is COC(=O)CBr.COC(=O)CN(C(=O)[C@H]1C[C@@H](OC)CN1C(=O)Nc1ccc(Cl)cc1)c1ccc(N2CCOCC2=O)cc1.COC(=O)CN(C(=O)[C@H]1C[C@@H](OC)CN1C(=O)OC(C)(C)C)c1ccc(N2CCOCC2=O)cc1.CO[C@@H]1C[C@H](C(=O)Nc2ccc(N3CCOCC3=O)cc2)N(C(=O)OC(C)(C)C)C1.